The molecule has 0 aliphatic carbocycles. The lowest BCUT2D eigenvalue weighted by Gasteiger charge is -2.37. The molecule has 3 heterocycles. The van der Waals surface area contributed by atoms with Crippen LogP contribution in [0.15, 0.2) is 29.9 Å². The molecule has 1 fully saturated rings. The summed E-state index contributed by atoms with van der Waals surface area (Å²) in [5.41, 5.74) is 1.72. The number of nitro groups is 1. The number of nitrogens with zero attached hydrogens (tertiary/aromatic N) is 5. The largest absolute Gasteiger partial charge is 0.367 e. The van der Waals surface area contributed by atoms with Gasteiger partial charge in [0.2, 0.25) is 0 Å². The van der Waals surface area contributed by atoms with Crippen LogP contribution in [0, 0.1) is 17.0 Å². The summed E-state index contributed by atoms with van der Waals surface area (Å²) in [4.78, 5) is 24.8. The summed E-state index contributed by atoms with van der Waals surface area (Å²) in [6.45, 7) is 5.01. The summed E-state index contributed by atoms with van der Waals surface area (Å²) >= 11 is 7.96. The van der Waals surface area contributed by atoms with E-state index in [1.165, 1.54) is 6.07 Å². The summed E-state index contributed by atoms with van der Waals surface area (Å²) in [7, 11) is 0. The van der Waals surface area contributed by atoms with Gasteiger partial charge in [0.25, 0.3) is 5.69 Å². The summed E-state index contributed by atoms with van der Waals surface area (Å²) in [6.07, 6.45) is 1.61. The number of nitro benzene ring substituents is 1. The van der Waals surface area contributed by atoms with Crippen LogP contribution >= 0.6 is 22.9 Å². The second-order valence-corrected chi connectivity index (χ2v) is 7.46. The van der Waals surface area contributed by atoms with Crippen molar-refractivity contribution in [3.63, 3.8) is 0 Å². The van der Waals surface area contributed by atoms with E-state index in [1.54, 1.807) is 23.7 Å². The second kappa shape index (κ2) is 6.69. The van der Waals surface area contributed by atoms with Gasteiger partial charge in [-0.15, -0.1) is 11.3 Å². The fourth-order valence-electron chi connectivity index (χ4n) is 3.40. The molecule has 0 atom stereocenters. The molecule has 1 aliphatic heterocycles. The Balaban J connectivity index is 1.56. The van der Waals surface area contributed by atoms with E-state index < -0.39 is 4.92 Å². The molecule has 1 aromatic carbocycles. The minimum atomic E-state index is -0.415. The first-order valence-electron chi connectivity index (χ1n) is 8.17. The molecule has 9 heteroatoms. The molecule has 0 N–H and O–H groups in total. The van der Waals surface area contributed by atoms with Crippen LogP contribution in [-0.2, 0) is 0 Å². The molecule has 4 rings (SSSR count). The summed E-state index contributed by atoms with van der Waals surface area (Å²) in [6, 6.07) is 5.06. The molecular weight excluding hydrogens is 374 g/mol. The monoisotopic (exact) mass is 389 g/mol. The van der Waals surface area contributed by atoms with Crippen molar-refractivity contribution in [3.05, 3.63) is 50.6 Å². The first-order valence-corrected chi connectivity index (χ1v) is 9.43. The van der Waals surface area contributed by atoms with Gasteiger partial charge in [-0.05, 0) is 23.9 Å². The fraction of sp³-hybridized carbons (Fsp3) is 0.294. The number of aryl methyl sites for hydroxylation is 1. The number of non-ortho nitro benzene ring substituents is 1. The number of hydrogen-bond acceptors (Lipinski definition) is 7. The van der Waals surface area contributed by atoms with Crippen molar-refractivity contribution in [2.45, 2.75) is 6.92 Å². The van der Waals surface area contributed by atoms with Crippen molar-refractivity contribution in [1.29, 1.82) is 0 Å². The first kappa shape index (κ1) is 17.0. The first-order chi connectivity index (χ1) is 12.5. The van der Waals surface area contributed by atoms with Gasteiger partial charge in [0.05, 0.1) is 21.0 Å². The lowest BCUT2D eigenvalue weighted by molar-refractivity contribution is -0.384. The standard InChI is InChI=1S/C17H16ClN5O2S/c1-11-8-12(23(24)25)9-14(18)15(11)21-3-5-22(6-4-21)16-13-2-7-26-17(13)20-10-19-16/h2,7-10H,3-6H2,1H3. The highest BCUT2D eigenvalue weighted by molar-refractivity contribution is 7.16. The lowest BCUT2D eigenvalue weighted by Crippen LogP contribution is -2.47. The Morgan fingerprint density at radius 3 is 2.62 bits per heavy atom. The van der Waals surface area contributed by atoms with E-state index in [-0.39, 0.29) is 5.69 Å². The molecule has 0 bridgehead atoms. The van der Waals surface area contributed by atoms with E-state index in [4.69, 9.17) is 11.6 Å². The van der Waals surface area contributed by atoms with Crippen LogP contribution in [0.2, 0.25) is 5.02 Å². The zero-order valence-corrected chi connectivity index (χ0v) is 15.6. The number of piperazine rings is 1. The van der Waals surface area contributed by atoms with Crippen molar-refractivity contribution < 1.29 is 4.92 Å². The number of benzene rings is 1. The van der Waals surface area contributed by atoms with Gasteiger partial charge in [-0.2, -0.15) is 0 Å². The Kier molecular flexibility index (Phi) is 4.37. The molecule has 26 heavy (non-hydrogen) atoms. The number of halogens is 1. The van der Waals surface area contributed by atoms with Crippen molar-refractivity contribution in [1.82, 2.24) is 9.97 Å². The zero-order chi connectivity index (χ0) is 18.3. The van der Waals surface area contributed by atoms with Crippen molar-refractivity contribution in [2.24, 2.45) is 0 Å². The van der Waals surface area contributed by atoms with E-state index in [0.29, 0.717) is 5.02 Å². The number of fused-ring (bicyclic) bond motifs is 1. The van der Waals surface area contributed by atoms with E-state index in [9.17, 15) is 10.1 Å². The molecule has 2 aromatic heterocycles. The van der Waals surface area contributed by atoms with E-state index in [0.717, 1.165) is 53.5 Å². The fourth-order valence-corrected chi connectivity index (χ4v) is 4.50. The Bertz CT molecular complexity index is 961. The molecule has 0 unspecified atom stereocenters. The van der Waals surface area contributed by atoms with Gasteiger partial charge < -0.3 is 9.80 Å². The van der Waals surface area contributed by atoms with Crippen LogP contribution in [0.3, 0.4) is 0 Å². The van der Waals surface area contributed by atoms with Crippen LogP contribution < -0.4 is 9.80 Å². The normalized spacial score (nSPS) is 14.8. The van der Waals surface area contributed by atoms with Crippen molar-refractivity contribution >= 4 is 50.3 Å². The van der Waals surface area contributed by atoms with Crippen LogP contribution in [-0.4, -0.2) is 41.1 Å². The quantitative estimate of drug-likeness (QED) is 0.499. The Morgan fingerprint density at radius 1 is 1.19 bits per heavy atom. The van der Waals surface area contributed by atoms with Crippen molar-refractivity contribution in [3.8, 4) is 0 Å². The number of thiophene rings is 1. The lowest BCUT2D eigenvalue weighted by atomic mass is 10.1. The number of rotatable bonds is 3. The summed E-state index contributed by atoms with van der Waals surface area (Å²) in [5, 5.41) is 14.5. The van der Waals surface area contributed by atoms with E-state index in [1.807, 2.05) is 12.3 Å². The predicted molar refractivity (Wildman–Crippen MR) is 105 cm³/mol. The minimum absolute atomic E-state index is 0.0238. The molecule has 3 aromatic rings. The highest BCUT2D eigenvalue weighted by Crippen LogP contribution is 2.35. The van der Waals surface area contributed by atoms with E-state index in [2.05, 4.69) is 25.8 Å². The maximum Gasteiger partial charge on any atom is 0.271 e. The summed E-state index contributed by atoms with van der Waals surface area (Å²) in [5.74, 6) is 0.961. The highest BCUT2D eigenvalue weighted by Gasteiger charge is 2.24. The van der Waals surface area contributed by atoms with Gasteiger partial charge in [-0.1, -0.05) is 11.6 Å². The molecule has 1 saturated heterocycles. The second-order valence-electron chi connectivity index (χ2n) is 6.16. The molecule has 1 aliphatic rings. The molecule has 0 spiro atoms. The van der Waals surface area contributed by atoms with Gasteiger partial charge in [-0.25, -0.2) is 9.97 Å². The third-order valence-corrected chi connectivity index (χ3v) is 5.69. The Morgan fingerprint density at radius 2 is 1.92 bits per heavy atom. The van der Waals surface area contributed by atoms with Gasteiger partial charge >= 0.3 is 0 Å². The molecule has 0 saturated carbocycles. The molecular formula is C17H16ClN5O2S. The average Bonchev–Trinajstić information content (AvgIpc) is 3.10. The smallest absolute Gasteiger partial charge is 0.271 e. The van der Waals surface area contributed by atoms with Crippen LogP contribution in [0.5, 0.6) is 0 Å². The van der Waals surface area contributed by atoms with Gasteiger partial charge in [0.1, 0.15) is 17.0 Å². The summed E-state index contributed by atoms with van der Waals surface area (Å²) < 4.78 is 0. The minimum Gasteiger partial charge on any atom is -0.367 e. The van der Waals surface area contributed by atoms with E-state index >= 15 is 0 Å². The topological polar surface area (TPSA) is 75.4 Å². The van der Waals surface area contributed by atoms with Crippen molar-refractivity contribution in [2.75, 3.05) is 36.0 Å². The van der Waals surface area contributed by atoms with Crippen LogP contribution in [0.4, 0.5) is 17.2 Å². The number of aromatic nitrogens is 2. The van der Waals surface area contributed by atoms with Gasteiger partial charge in [-0.3, -0.25) is 10.1 Å². The molecule has 0 radical (unpaired) electrons. The highest BCUT2D eigenvalue weighted by atomic mass is 35.5. The molecule has 7 nitrogen and oxygen atoms in total. The SMILES string of the molecule is Cc1cc([N+](=O)[O-])cc(Cl)c1N1CCN(c2ncnc3sccc23)CC1. The zero-order valence-electron chi connectivity index (χ0n) is 14.1. The third kappa shape index (κ3) is 2.95. The third-order valence-electron chi connectivity index (χ3n) is 4.59. The average molecular weight is 390 g/mol. The Labute approximate surface area is 159 Å². The molecule has 0 amide bonds. The van der Waals surface area contributed by atoms with Crippen LogP contribution in [0.1, 0.15) is 5.56 Å². The number of anilines is 2. The molecule has 134 valence electrons. The number of hydrogen-bond donors (Lipinski definition) is 0. The van der Waals surface area contributed by atoms with Gasteiger partial charge in [0.15, 0.2) is 0 Å². The van der Waals surface area contributed by atoms with Gasteiger partial charge in [0, 0.05) is 38.3 Å². The van der Waals surface area contributed by atoms with Crippen LogP contribution in [0.25, 0.3) is 10.2 Å². The predicted octanol–water partition coefficient (Wildman–Crippen LogP) is 3.89. The maximum absolute atomic E-state index is 11.0. The Hall–Kier alpha value is -2.45. The maximum atomic E-state index is 11.0.